The van der Waals surface area contributed by atoms with Gasteiger partial charge < -0.3 is 0 Å². The minimum Gasteiger partial charge on any atom is -0.0572 e. The first-order valence-corrected chi connectivity index (χ1v) is 15.6. The fraction of sp³-hybridized carbons (Fsp3) is 0.0625. The predicted octanol–water partition coefficient (Wildman–Crippen LogP) is 11.7. The standard InChI is InChI=1S/C32H21Br5/c33-26-11-1-21(2-12-26)31(22-3-13-27(34)14-4-22)32(23-5-15-28(35)16-6-23,24-7-17-29(36)18-8-24)25-9-19-30(37)20-10-25/h1-20,31H. The molecule has 0 bridgehead atoms. The van der Waals surface area contributed by atoms with Gasteiger partial charge in [-0.3, -0.25) is 0 Å². The Bertz CT molecular complexity index is 1320. The van der Waals surface area contributed by atoms with Crippen LogP contribution in [0.3, 0.4) is 0 Å². The fourth-order valence-corrected chi connectivity index (χ4v) is 6.46. The monoisotopic (exact) mass is 800 g/mol. The highest BCUT2D eigenvalue weighted by Gasteiger charge is 2.45. The Balaban J connectivity index is 1.95. The maximum atomic E-state index is 3.66. The molecule has 37 heavy (non-hydrogen) atoms. The molecular formula is C32H21Br5. The van der Waals surface area contributed by atoms with Crippen molar-refractivity contribution in [3.05, 3.63) is 172 Å². The van der Waals surface area contributed by atoms with Crippen LogP contribution in [0.15, 0.2) is 144 Å². The molecule has 0 fully saturated rings. The average molecular weight is 805 g/mol. The Morgan fingerprint density at radius 3 is 0.784 bits per heavy atom. The maximum Gasteiger partial charge on any atom is 0.0560 e. The van der Waals surface area contributed by atoms with Crippen molar-refractivity contribution in [2.75, 3.05) is 0 Å². The molecule has 0 unspecified atom stereocenters. The van der Waals surface area contributed by atoms with Crippen LogP contribution in [-0.2, 0) is 5.41 Å². The van der Waals surface area contributed by atoms with Gasteiger partial charge in [0, 0.05) is 28.3 Å². The van der Waals surface area contributed by atoms with Gasteiger partial charge in [-0.15, -0.1) is 0 Å². The lowest BCUT2D eigenvalue weighted by Crippen LogP contribution is -2.37. The summed E-state index contributed by atoms with van der Waals surface area (Å²) in [7, 11) is 0. The van der Waals surface area contributed by atoms with Gasteiger partial charge in [-0.25, -0.2) is 0 Å². The van der Waals surface area contributed by atoms with Gasteiger partial charge in [-0.1, -0.05) is 140 Å². The molecule has 184 valence electrons. The van der Waals surface area contributed by atoms with Gasteiger partial charge in [-0.05, 0) is 88.5 Å². The van der Waals surface area contributed by atoms with Crippen LogP contribution in [0, 0.1) is 0 Å². The van der Waals surface area contributed by atoms with Crippen molar-refractivity contribution in [1.29, 1.82) is 0 Å². The molecule has 0 aromatic heterocycles. The van der Waals surface area contributed by atoms with Crippen molar-refractivity contribution in [3.63, 3.8) is 0 Å². The van der Waals surface area contributed by atoms with Crippen molar-refractivity contribution in [2.45, 2.75) is 11.3 Å². The molecule has 0 saturated carbocycles. The molecule has 0 aliphatic carbocycles. The van der Waals surface area contributed by atoms with Crippen LogP contribution in [0.2, 0.25) is 0 Å². The third-order valence-electron chi connectivity index (χ3n) is 6.74. The summed E-state index contributed by atoms with van der Waals surface area (Å²) in [5.74, 6) is -0.0165. The van der Waals surface area contributed by atoms with Gasteiger partial charge in [0.1, 0.15) is 0 Å². The summed E-state index contributed by atoms with van der Waals surface area (Å²) in [4.78, 5) is 0. The summed E-state index contributed by atoms with van der Waals surface area (Å²) in [6.07, 6.45) is 0. The van der Waals surface area contributed by atoms with E-state index in [4.69, 9.17) is 0 Å². The number of halogens is 5. The van der Waals surface area contributed by atoms with E-state index in [2.05, 4.69) is 201 Å². The van der Waals surface area contributed by atoms with E-state index in [1.54, 1.807) is 0 Å². The summed E-state index contributed by atoms with van der Waals surface area (Å²) >= 11 is 18.3. The lowest BCUT2D eigenvalue weighted by molar-refractivity contribution is 0.537. The molecule has 0 aliphatic rings. The highest BCUT2D eigenvalue weighted by atomic mass is 79.9. The molecule has 0 nitrogen and oxygen atoms in total. The Morgan fingerprint density at radius 2 is 0.541 bits per heavy atom. The number of rotatable bonds is 6. The molecular weight excluding hydrogens is 784 g/mol. The van der Waals surface area contributed by atoms with Crippen molar-refractivity contribution in [2.24, 2.45) is 0 Å². The van der Waals surface area contributed by atoms with E-state index in [1.807, 2.05) is 0 Å². The Kier molecular flexibility index (Phi) is 8.57. The normalized spacial score (nSPS) is 11.6. The van der Waals surface area contributed by atoms with Crippen molar-refractivity contribution in [1.82, 2.24) is 0 Å². The molecule has 0 spiro atoms. The zero-order chi connectivity index (χ0) is 26.0. The van der Waals surface area contributed by atoms with Crippen LogP contribution in [0.5, 0.6) is 0 Å². The Hall–Kier alpha value is -1.50. The second kappa shape index (κ2) is 11.7. The highest BCUT2D eigenvalue weighted by molar-refractivity contribution is 9.11. The minimum atomic E-state index is -0.524. The van der Waals surface area contributed by atoms with Gasteiger partial charge in [0.25, 0.3) is 0 Å². The SMILES string of the molecule is Brc1ccc(C(c2ccc(Br)cc2)C(c2ccc(Br)cc2)(c2ccc(Br)cc2)c2ccc(Br)cc2)cc1. The van der Waals surface area contributed by atoms with E-state index >= 15 is 0 Å². The van der Waals surface area contributed by atoms with Crippen LogP contribution in [0.1, 0.15) is 33.7 Å². The van der Waals surface area contributed by atoms with Crippen LogP contribution in [0.4, 0.5) is 0 Å². The van der Waals surface area contributed by atoms with Gasteiger partial charge in [0.2, 0.25) is 0 Å². The highest BCUT2D eigenvalue weighted by Crippen LogP contribution is 2.53. The average Bonchev–Trinajstić information content (AvgIpc) is 2.91. The van der Waals surface area contributed by atoms with Crippen LogP contribution < -0.4 is 0 Å². The smallest absolute Gasteiger partial charge is 0.0560 e. The molecule has 0 aliphatic heterocycles. The first kappa shape index (κ1) is 27.1. The molecule has 5 heteroatoms. The summed E-state index contributed by atoms with van der Waals surface area (Å²) in [5, 5.41) is 0. The van der Waals surface area contributed by atoms with Crippen LogP contribution >= 0.6 is 79.6 Å². The van der Waals surface area contributed by atoms with Gasteiger partial charge in [-0.2, -0.15) is 0 Å². The van der Waals surface area contributed by atoms with Gasteiger partial charge in [0.15, 0.2) is 0 Å². The van der Waals surface area contributed by atoms with E-state index in [1.165, 1.54) is 27.8 Å². The summed E-state index contributed by atoms with van der Waals surface area (Å²) < 4.78 is 5.29. The molecule has 0 radical (unpaired) electrons. The minimum absolute atomic E-state index is 0.0165. The topological polar surface area (TPSA) is 0 Å². The van der Waals surface area contributed by atoms with Crippen molar-refractivity contribution < 1.29 is 0 Å². The number of benzene rings is 5. The molecule has 0 N–H and O–H groups in total. The summed E-state index contributed by atoms with van der Waals surface area (Å²) in [6.45, 7) is 0. The summed E-state index contributed by atoms with van der Waals surface area (Å²) in [6, 6.07) is 43.8. The Labute approximate surface area is 260 Å². The number of hydrogen-bond donors (Lipinski definition) is 0. The third-order valence-corrected chi connectivity index (χ3v) is 9.38. The van der Waals surface area contributed by atoms with Crippen LogP contribution in [-0.4, -0.2) is 0 Å². The van der Waals surface area contributed by atoms with Gasteiger partial charge in [0.05, 0.1) is 5.41 Å². The predicted molar refractivity (Wildman–Crippen MR) is 172 cm³/mol. The summed E-state index contributed by atoms with van der Waals surface area (Å²) in [5.41, 5.74) is 5.60. The van der Waals surface area contributed by atoms with E-state index in [0.717, 1.165) is 22.4 Å². The molecule has 5 aromatic carbocycles. The number of hydrogen-bond acceptors (Lipinski definition) is 0. The fourth-order valence-electron chi connectivity index (χ4n) is 5.14. The maximum absolute atomic E-state index is 3.66. The van der Waals surface area contributed by atoms with E-state index in [9.17, 15) is 0 Å². The first-order chi connectivity index (χ1) is 17.9. The van der Waals surface area contributed by atoms with Crippen molar-refractivity contribution in [3.8, 4) is 0 Å². The molecule has 0 atom stereocenters. The lowest BCUT2D eigenvalue weighted by Gasteiger charge is -2.44. The molecule has 0 amide bonds. The van der Waals surface area contributed by atoms with Crippen molar-refractivity contribution >= 4 is 79.6 Å². The van der Waals surface area contributed by atoms with E-state index in [0.29, 0.717) is 0 Å². The quantitative estimate of drug-likeness (QED) is 0.150. The molecule has 0 saturated heterocycles. The Morgan fingerprint density at radius 1 is 0.324 bits per heavy atom. The third kappa shape index (κ3) is 5.62. The second-order valence-corrected chi connectivity index (χ2v) is 13.4. The van der Waals surface area contributed by atoms with Gasteiger partial charge >= 0.3 is 0 Å². The largest absolute Gasteiger partial charge is 0.0572 e. The zero-order valence-corrected chi connectivity index (χ0v) is 27.4. The molecule has 0 heterocycles. The zero-order valence-electron chi connectivity index (χ0n) is 19.5. The molecule has 5 aromatic rings. The molecule has 5 rings (SSSR count). The second-order valence-electron chi connectivity index (χ2n) is 8.86. The lowest BCUT2D eigenvalue weighted by atomic mass is 9.58. The first-order valence-electron chi connectivity index (χ1n) is 11.7. The van der Waals surface area contributed by atoms with E-state index in [-0.39, 0.29) is 5.92 Å². The van der Waals surface area contributed by atoms with E-state index < -0.39 is 5.41 Å². The van der Waals surface area contributed by atoms with Crippen LogP contribution in [0.25, 0.3) is 0 Å².